The van der Waals surface area contributed by atoms with Crippen molar-refractivity contribution < 1.29 is 0 Å². The number of nitrogens with one attached hydrogen (secondary N) is 1. The molecule has 3 N–H and O–H groups in total. The van der Waals surface area contributed by atoms with Gasteiger partial charge >= 0.3 is 0 Å². The molecular weight excluding hydrogens is 198 g/mol. The number of rotatable bonds is 6. The SMILES string of the molecule is CN(C)C1(C(CCC2CC2)NN)CCCC1. The molecule has 2 aliphatic rings. The van der Waals surface area contributed by atoms with Crippen LogP contribution < -0.4 is 11.3 Å². The van der Waals surface area contributed by atoms with Crippen molar-refractivity contribution in [3.63, 3.8) is 0 Å². The zero-order valence-corrected chi connectivity index (χ0v) is 10.8. The lowest BCUT2D eigenvalue weighted by molar-refractivity contribution is 0.0981. The minimum absolute atomic E-state index is 0.323. The summed E-state index contributed by atoms with van der Waals surface area (Å²) in [5.74, 6) is 6.82. The van der Waals surface area contributed by atoms with E-state index in [-0.39, 0.29) is 0 Å². The lowest BCUT2D eigenvalue weighted by Crippen LogP contribution is -2.59. The average molecular weight is 225 g/mol. The first-order valence-electron chi connectivity index (χ1n) is 6.82. The van der Waals surface area contributed by atoms with Crippen LogP contribution in [0.25, 0.3) is 0 Å². The molecule has 0 spiro atoms. The maximum absolute atomic E-state index is 5.81. The Labute approximate surface area is 99.7 Å². The molecule has 0 radical (unpaired) electrons. The third-order valence-corrected chi connectivity index (χ3v) is 4.77. The van der Waals surface area contributed by atoms with E-state index in [1.54, 1.807) is 0 Å². The Hall–Kier alpha value is -0.120. The minimum Gasteiger partial charge on any atom is -0.302 e. The van der Waals surface area contributed by atoms with Crippen LogP contribution in [0.3, 0.4) is 0 Å². The summed E-state index contributed by atoms with van der Waals surface area (Å²) >= 11 is 0. The molecule has 3 heteroatoms. The van der Waals surface area contributed by atoms with Crippen molar-refractivity contribution in [3.8, 4) is 0 Å². The van der Waals surface area contributed by atoms with E-state index in [0.717, 1.165) is 5.92 Å². The molecule has 2 fully saturated rings. The number of nitrogens with two attached hydrogens (primary N) is 1. The predicted octanol–water partition coefficient (Wildman–Crippen LogP) is 1.88. The maximum Gasteiger partial charge on any atom is 0.0394 e. The van der Waals surface area contributed by atoms with E-state index in [1.165, 1.54) is 51.4 Å². The van der Waals surface area contributed by atoms with Gasteiger partial charge in [-0.3, -0.25) is 11.3 Å². The summed E-state index contributed by atoms with van der Waals surface area (Å²) in [7, 11) is 4.43. The van der Waals surface area contributed by atoms with Gasteiger partial charge in [0.25, 0.3) is 0 Å². The second-order valence-corrected chi connectivity index (χ2v) is 5.95. The Balaban J connectivity index is 1.96. The third kappa shape index (κ3) is 2.41. The Morgan fingerprint density at radius 2 is 1.94 bits per heavy atom. The Morgan fingerprint density at radius 3 is 2.38 bits per heavy atom. The summed E-state index contributed by atoms with van der Waals surface area (Å²) < 4.78 is 0. The van der Waals surface area contributed by atoms with Gasteiger partial charge in [0.1, 0.15) is 0 Å². The van der Waals surface area contributed by atoms with E-state index in [0.29, 0.717) is 11.6 Å². The summed E-state index contributed by atoms with van der Waals surface area (Å²) in [6.45, 7) is 0. The third-order valence-electron chi connectivity index (χ3n) is 4.77. The van der Waals surface area contributed by atoms with Crippen LogP contribution in [0, 0.1) is 5.92 Å². The second kappa shape index (κ2) is 5.03. The Kier molecular flexibility index (Phi) is 3.88. The second-order valence-electron chi connectivity index (χ2n) is 5.95. The van der Waals surface area contributed by atoms with E-state index in [9.17, 15) is 0 Å². The van der Waals surface area contributed by atoms with Gasteiger partial charge in [-0.05, 0) is 45.7 Å². The van der Waals surface area contributed by atoms with Crippen molar-refractivity contribution in [1.82, 2.24) is 10.3 Å². The normalized spacial score (nSPS) is 26.2. The van der Waals surface area contributed by atoms with Gasteiger partial charge in [-0.25, -0.2) is 0 Å². The van der Waals surface area contributed by atoms with Gasteiger partial charge in [0.2, 0.25) is 0 Å². The monoisotopic (exact) mass is 225 g/mol. The smallest absolute Gasteiger partial charge is 0.0394 e. The van der Waals surface area contributed by atoms with E-state index in [2.05, 4.69) is 24.4 Å². The molecule has 0 heterocycles. The Morgan fingerprint density at radius 1 is 1.31 bits per heavy atom. The highest BCUT2D eigenvalue weighted by atomic mass is 15.3. The summed E-state index contributed by atoms with van der Waals surface area (Å²) in [4.78, 5) is 2.41. The van der Waals surface area contributed by atoms with Crippen LogP contribution in [0.1, 0.15) is 51.4 Å². The molecule has 0 aromatic carbocycles. The van der Waals surface area contributed by atoms with E-state index >= 15 is 0 Å². The van der Waals surface area contributed by atoms with Crippen LogP contribution in [0.4, 0.5) is 0 Å². The van der Waals surface area contributed by atoms with Crippen LogP contribution in [-0.4, -0.2) is 30.6 Å². The largest absolute Gasteiger partial charge is 0.302 e. The van der Waals surface area contributed by atoms with E-state index < -0.39 is 0 Å². The van der Waals surface area contributed by atoms with E-state index in [1.807, 2.05) is 0 Å². The maximum atomic E-state index is 5.81. The minimum atomic E-state index is 0.323. The molecule has 94 valence electrons. The molecule has 0 saturated heterocycles. The number of hydrogen-bond acceptors (Lipinski definition) is 3. The van der Waals surface area contributed by atoms with Crippen molar-refractivity contribution in [3.05, 3.63) is 0 Å². The first-order chi connectivity index (χ1) is 7.69. The highest BCUT2D eigenvalue weighted by Gasteiger charge is 2.42. The number of hydrazine groups is 1. The van der Waals surface area contributed by atoms with Gasteiger partial charge in [-0.15, -0.1) is 0 Å². The molecule has 2 saturated carbocycles. The number of likely N-dealkylation sites (N-methyl/N-ethyl adjacent to an activating group) is 1. The summed E-state index contributed by atoms with van der Waals surface area (Å²) in [6, 6.07) is 0.477. The van der Waals surface area contributed by atoms with Crippen molar-refractivity contribution in [2.45, 2.75) is 62.9 Å². The van der Waals surface area contributed by atoms with Crippen LogP contribution in [0.5, 0.6) is 0 Å². The van der Waals surface area contributed by atoms with Crippen molar-refractivity contribution in [2.24, 2.45) is 11.8 Å². The molecular formula is C13H27N3. The lowest BCUT2D eigenvalue weighted by atomic mass is 9.84. The summed E-state index contributed by atoms with van der Waals surface area (Å²) in [5, 5.41) is 0. The van der Waals surface area contributed by atoms with Gasteiger partial charge in [-0.1, -0.05) is 25.7 Å². The molecule has 16 heavy (non-hydrogen) atoms. The van der Waals surface area contributed by atoms with Crippen molar-refractivity contribution in [1.29, 1.82) is 0 Å². The summed E-state index contributed by atoms with van der Waals surface area (Å²) in [5.41, 5.74) is 3.43. The number of hydrogen-bond donors (Lipinski definition) is 2. The van der Waals surface area contributed by atoms with Gasteiger partial charge in [0, 0.05) is 11.6 Å². The topological polar surface area (TPSA) is 41.3 Å². The zero-order chi connectivity index (χ0) is 11.6. The van der Waals surface area contributed by atoms with Gasteiger partial charge < -0.3 is 4.90 Å². The molecule has 2 rings (SSSR count). The van der Waals surface area contributed by atoms with Gasteiger partial charge in [0.05, 0.1) is 0 Å². The molecule has 0 aliphatic heterocycles. The molecule has 0 aromatic heterocycles. The molecule has 0 amide bonds. The molecule has 3 nitrogen and oxygen atoms in total. The first-order valence-corrected chi connectivity index (χ1v) is 6.82. The van der Waals surface area contributed by atoms with Crippen LogP contribution in [0.15, 0.2) is 0 Å². The fourth-order valence-corrected chi connectivity index (χ4v) is 3.41. The highest BCUT2D eigenvalue weighted by Crippen LogP contribution is 2.40. The van der Waals surface area contributed by atoms with Crippen LogP contribution >= 0.6 is 0 Å². The standard InChI is InChI=1S/C13H27N3/c1-16(2)13(9-3-4-10-13)12(15-14)8-7-11-5-6-11/h11-12,15H,3-10,14H2,1-2H3. The van der Waals surface area contributed by atoms with Crippen molar-refractivity contribution >= 4 is 0 Å². The van der Waals surface area contributed by atoms with Crippen LogP contribution in [0.2, 0.25) is 0 Å². The first kappa shape index (κ1) is 12.3. The Bertz CT molecular complexity index is 217. The fraction of sp³-hybridized carbons (Fsp3) is 1.00. The van der Waals surface area contributed by atoms with Gasteiger partial charge in [-0.2, -0.15) is 0 Å². The number of nitrogens with zero attached hydrogens (tertiary/aromatic N) is 1. The van der Waals surface area contributed by atoms with Crippen molar-refractivity contribution in [2.75, 3.05) is 14.1 Å². The highest BCUT2D eigenvalue weighted by molar-refractivity contribution is 5.01. The summed E-state index contributed by atoms with van der Waals surface area (Å²) in [6.07, 6.45) is 10.8. The van der Waals surface area contributed by atoms with E-state index in [4.69, 9.17) is 5.84 Å². The fourth-order valence-electron chi connectivity index (χ4n) is 3.41. The molecule has 0 aromatic rings. The molecule has 1 unspecified atom stereocenters. The quantitative estimate of drug-likeness (QED) is 0.536. The van der Waals surface area contributed by atoms with Gasteiger partial charge in [0.15, 0.2) is 0 Å². The predicted molar refractivity (Wildman–Crippen MR) is 68.0 cm³/mol. The zero-order valence-electron chi connectivity index (χ0n) is 10.8. The molecule has 0 bridgehead atoms. The average Bonchev–Trinajstić information content (AvgIpc) is 2.95. The molecule has 1 atom stereocenters. The lowest BCUT2D eigenvalue weighted by Gasteiger charge is -2.43. The van der Waals surface area contributed by atoms with Crippen LogP contribution in [-0.2, 0) is 0 Å². The molecule has 2 aliphatic carbocycles.